The van der Waals surface area contributed by atoms with E-state index < -0.39 is 24.4 Å². The van der Waals surface area contributed by atoms with Crippen molar-refractivity contribution in [3.63, 3.8) is 0 Å². The number of amides is 1. The molecule has 31 heavy (non-hydrogen) atoms. The van der Waals surface area contributed by atoms with Crippen molar-refractivity contribution >= 4 is 17.7 Å². The maximum Gasteiger partial charge on any atom is 0.406 e. The Bertz CT molecular complexity index is 1010. The van der Waals surface area contributed by atoms with Gasteiger partial charge in [-0.25, -0.2) is 4.39 Å². The molecule has 164 valence electrons. The van der Waals surface area contributed by atoms with E-state index in [9.17, 15) is 22.4 Å². The Morgan fingerprint density at radius 2 is 1.74 bits per heavy atom. The third-order valence-corrected chi connectivity index (χ3v) is 5.21. The predicted molar refractivity (Wildman–Crippen MR) is 110 cm³/mol. The van der Waals surface area contributed by atoms with Crippen LogP contribution in [0.2, 0.25) is 0 Å². The molecule has 0 N–H and O–H groups in total. The first-order valence-corrected chi connectivity index (χ1v) is 10.5. The highest BCUT2D eigenvalue weighted by molar-refractivity contribution is 7.99. The van der Waals surface area contributed by atoms with E-state index in [0.29, 0.717) is 28.7 Å². The van der Waals surface area contributed by atoms with Gasteiger partial charge >= 0.3 is 6.18 Å². The van der Waals surface area contributed by atoms with Gasteiger partial charge in [-0.2, -0.15) is 13.2 Å². The van der Waals surface area contributed by atoms with Crippen LogP contribution in [0.4, 0.5) is 17.6 Å². The van der Waals surface area contributed by atoms with Gasteiger partial charge in [-0.05, 0) is 42.8 Å². The van der Waals surface area contributed by atoms with Gasteiger partial charge in [0, 0.05) is 17.8 Å². The highest BCUT2D eigenvalue weighted by Crippen LogP contribution is 2.28. The lowest BCUT2D eigenvalue weighted by atomic mass is 10.2. The Balaban J connectivity index is 1.87. The van der Waals surface area contributed by atoms with Crippen LogP contribution in [-0.4, -0.2) is 50.6 Å². The number of carbonyl (C=O) groups is 1. The summed E-state index contributed by atoms with van der Waals surface area (Å²) in [5.74, 6) is -0.808. The predicted octanol–water partition coefficient (Wildman–Crippen LogP) is 4.97. The monoisotopic (exact) mass is 452 g/mol. The molecule has 0 spiro atoms. The molecule has 3 aromatic rings. The van der Waals surface area contributed by atoms with E-state index >= 15 is 0 Å². The number of hydrogen-bond donors (Lipinski definition) is 0. The summed E-state index contributed by atoms with van der Waals surface area (Å²) in [7, 11) is 0. The quantitative estimate of drug-likeness (QED) is 0.358. The van der Waals surface area contributed by atoms with Crippen molar-refractivity contribution in [2.45, 2.75) is 24.7 Å². The maximum atomic E-state index is 13.3. The van der Waals surface area contributed by atoms with Gasteiger partial charge in [0.25, 0.3) is 0 Å². The first-order valence-electron chi connectivity index (χ1n) is 9.52. The topological polar surface area (TPSA) is 51.0 Å². The standard InChI is InChI=1S/C21H20F4N4OS/c1-2-12-28(14-21(23,24)25)18(30)13-31-20-27-26-19(15-8-10-16(22)11-9-15)29(20)17-6-4-3-5-7-17/h3-11H,2,12-14H2,1H3. The molecule has 5 nitrogen and oxygen atoms in total. The molecule has 0 unspecified atom stereocenters. The summed E-state index contributed by atoms with van der Waals surface area (Å²) in [6.07, 6.45) is -4.04. The van der Waals surface area contributed by atoms with Crippen LogP contribution in [0.5, 0.6) is 0 Å². The van der Waals surface area contributed by atoms with Gasteiger partial charge in [-0.3, -0.25) is 9.36 Å². The molecular formula is C21H20F4N4OS. The molecular weight excluding hydrogens is 432 g/mol. The summed E-state index contributed by atoms with van der Waals surface area (Å²) in [4.78, 5) is 13.3. The normalized spacial score (nSPS) is 11.5. The SMILES string of the molecule is CCCN(CC(F)(F)F)C(=O)CSc1nnc(-c2ccc(F)cc2)n1-c1ccccc1. The van der Waals surface area contributed by atoms with Gasteiger partial charge in [0.05, 0.1) is 5.75 Å². The molecule has 0 radical (unpaired) electrons. The zero-order valence-electron chi connectivity index (χ0n) is 16.6. The van der Waals surface area contributed by atoms with Crippen LogP contribution >= 0.6 is 11.8 Å². The number of rotatable bonds is 8. The Kier molecular flexibility index (Phi) is 7.32. The Morgan fingerprint density at radius 3 is 2.35 bits per heavy atom. The van der Waals surface area contributed by atoms with Crippen LogP contribution in [0.3, 0.4) is 0 Å². The molecule has 3 rings (SSSR count). The van der Waals surface area contributed by atoms with E-state index in [0.717, 1.165) is 16.7 Å². The molecule has 0 aliphatic rings. The molecule has 10 heteroatoms. The average molecular weight is 452 g/mol. The minimum Gasteiger partial charge on any atom is -0.333 e. The Morgan fingerprint density at radius 1 is 1.06 bits per heavy atom. The second-order valence-electron chi connectivity index (χ2n) is 6.70. The van der Waals surface area contributed by atoms with Crippen LogP contribution in [0.25, 0.3) is 17.1 Å². The third kappa shape index (κ3) is 6.06. The minimum absolute atomic E-state index is 0.0190. The molecule has 2 aromatic carbocycles. The molecule has 0 aliphatic heterocycles. The van der Waals surface area contributed by atoms with E-state index in [1.807, 2.05) is 30.3 Å². The van der Waals surface area contributed by atoms with Gasteiger partial charge in [-0.15, -0.1) is 10.2 Å². The second kappa shape index (κ2) is 9.95. The largest absolute Gasteiger partial charge is 0.406 e. The number of thioether (sulfide) groups is 1. The molecule has 1 amide bonds. The van der Waals surface area contributed by atoms with Gasteiger partial charge in [0.2, 0.25) is 5.91 Å². The van der Waals surface area contributed by atoms with Gasteiger partial charge in [0.15, 0.2) is 11.0 Å². The second-order valence-corrected chi connectivity index (χ2v) is 7.65. The van der Waals surface area contributed by atoms with Crippen molar-refractivity contribution < 1.29 is 22.4 Å². The van der Waals surface area contributed by atoms with Crippen LogP contribution in [0, 0.1) is 5.82 Å². The smallest absolute Gasteiger partial charge is 0.333 e. The van der Waals surface area contributed by atoms with Crippen molar-refractivity contribution in [2.75, 3.05) is 18.8 Å². The highest BCUT2D eigenvalue weighted by atomic mass is 32.2. The van der Waals surface area contributed by atoms with E-state index in [-0.39, 0.29) is 12.3 Å². The summed E-state index contributed by atoms with van der Waals surface area (Å²) in [5.41, 5.74) is 1.32. The lowest BCUT2D eigenvalue weighted by molar-refractivity contribution is -0.159. The summed E-state index contributed by atoms with van der Waals surface area (Å²) in [5, 5.41) is 8.66. The van der Waals surface area contributed by atoms with Crippen molar-refractivity contribution in [1.82, 2.24) is 19.7 Å². The summed E-state index contributed by atoms with van der Waals surface area (Å²) in [6.45, 7) is 0.447. The molecule has 0 saturated heterocycles. The first-order chi connectivity index (χ1) is 14.8. The number of hydrogen-bond acceptors (Lipinski definition) is 4. The minimum atomic E-state index is -4.46. The third-order valence-electron chi connectivity index (χ3n) is 4.29. The fraction of sp³-hybridized carbons (Fsp3) is 0.286. The number of carbonyl (C=O) groups excluding carboxylic acids is 1. The van der Waals surface area contributed by atoms with Gasteiger partial charge in [0.1, 0.15) is 12.4 Å². The van der Waals surface area contributed by atoms with Crippen LogP contribution < -0.4 is 0 Å². The van der Waals surface area contributed by atoms with Crippen molar-refractivity contribution in [2.24, 2.45) is 0 Å². The lowest BCUT2D eigenvalue weighted by Gasteiger charge is -2.23. The number of benzene rings is 2. The fourth-order valence-corrected chi connectivity index (χ4v) is 3.81. The van der Waals surface area contributed by atoms with Crippen molar-refractivity contribution in [3.05, 3.63) is 60.4 Å². The molecule has 1 heterocycles. The van der Waals surface area contributed by atoms with E-state index in [2.05, 4.69) is 10.2 Å². The average Bonchev–Trinajstić information content (AvgIpc) is 3.16. The Labute approximate surface area is 181 Å². The Hall–Kier alpha value is -2.88. The number of aromatic nitrogens is 3. The molecule has 1 aromatic heterocycles. The van der Waals surface area contributed by atoms with Crippen molar-refractivity contribution in [3.8, 4) is 17.1 Å². The maximum absolute atomic E-state index is 13.3. The fourth-order valence-electron chi connectivity index (χ4n) is 2.96. The van der Waals surface area contributed by atoms with Crippen LogP contribution in [0.15, 0.2) is 59.8 Å². The number of nitrogens with zero attached hydrogens (tertiary/aromatic N) is 4. The van der Waals surface area contributed by atoms with E-state index in [1.54, 1.807) is 23.6 Å². The van der Waals surface area contributed by atoms with E-state index in [4.69, 9.17) is 0 Å². The molecule has 0 atom stereocenters. The molecule has 0 saturated carbocycles. The molecule has 0 bridgehead atoms. The molecule has 0 aliphatic carbocycles. The number of para-hydroxylation sites is 1. The van der Waals surface area contributed by atoms with Gasteiger partial charge < -0.3 is 4.90 Å². The lowest BCUT2D eigenvalue weighted by Crippen LogP contribution is -2.40. The zero-order valence-corrected chi connectivity index (χ0v) is 17.5. The summed E-state index contributed by atoms with van der Waals surface area (Å²) >= 11 is 1.01. The zero-order chi connectivity index (χ0) is 22.4. The first kappa shape index (κ1) is 22.8. The molecule has 0 fully saturated rings. The number of alkyl halides is 3. The summed E-state index contributed by atoms with van der Waals surface area (Å²) < 4.78 is 53.4. The van der Waals surface area contributed by atoms with Crippen LogP contribution in [0.1, 0.15) is 13.3 Å². The van der Waals surface area contributed by atoms with E-state index in [1.165, 1.54) is 12.1 Å². The summed E-state index contributed by atoms with van der Waals surface area (Å²) in [6, 6.07) is 14.8. The van der Waals surface area contributed by atoms with Crippen molar-refractivity contribution in [1.29, 1.82) is 0 Å². The van der Waals surface area contributed by atoms with Gasteiger partial charge in [-0.1, -0.05) is 36.9 Å². The number of halogens is 4. The van der Waals surface area contributed by atoms with Crippen LogP contribution in [-0.2, 0) is 4.79 Å². The highest BCUT2D eigenvalue weighted by Gasteiger charge is 2.32.